The van der Waals surface area contributed by atoms with E-state index in [0.29, 0.717) is 18.1 Å². The molecule has 0 saturated heterocycles. The van der Waals surface area contributed by atoms with E-state index in [1.54, 1.807) is 19.1 Å². The van der Waals surface area contributed by atoms with Crippen LogP contribution in [0.2, 0.25) is 0 Å². The fraction of sp³-hybridized carbons (Fsp3) is 0.688. The van der Waals surface area contributed by atoms with Crippen molar-refractivity contribution in [2.75, 3.05) is 6.54 Å². The highest BCUT2D eigenvalue weighted by Gasteiger charge is 2.40. The van der Waals surface area contributed by atoms with Crippen molar-refractivity contribution in [3.63, 3.8) is 0 Å². The fourth-order valence-corrected chi connectivity index (χ4v) is 3.88. The molecule has 2 aliphatic rings. The molecule has 2 N–H and O–H groups in total. The van der Waals surface area contributed by atoms with E-state index >= 15 is 0 Å². The van der Waals surface area contributed by atoms with Crippen LogP contribution >= 0.6 is 0 Å². The Bertz CT molecular complexity index is 466. The van der Waals surface area contributed by atoms with Crippen LogP contribution in [0.1, 0.15) is 44.8 Å². The second-order valence-corrected chi connectivity index (χ2v) is 6.67. The number of aliphatic hydroxyl groups is 1. The predicted octanol–water partition coefficient (Wildman–Crippen LogP) is 2.43. The molecule has 1 aromatic rings. The van der Waals surface area contributed by atoms with E-state index in [4.69, 9.17) is 4.42 Å². The van der Waals surface area contributed by atoms with Crippen LogP contribution in [0.25, 0.3) is 0 Å². The summed E-state index contributed by atoms with van der Waals surface area (Å²) < 4.78 is 5.20. The first-order chi connectivity index (χ1) is 9.54. The Kier molecular flexibility index (Phi) is 3.59. The van der Waals surface area contributed by atoms with E-state index in [9.17, 15) is 9.90 Å². The van der Waals surface area contributed by atoms with Crippen LogP contribution in [0.5, 0.6) is 0 Å². The molecule has 2 aliphatic carbocycles. The molecule has 2 saturated carbocycles. The summed E-state index contributed by atoms with van der Waals surface area (Å²) in [6.07, 6.45) is 7.33. The molecule has 1 aromatic heterocycles. The Morgan fingerprint density at radius 2 is 2.35 bits per heavy atom. The van der Waals surface area contributed by atoms with Crippen molar-refractivity contribution in [1.82, 2.24) is 5.32 Å². The van der Waals surface area contributed by atoms with Crippen LogP contribution < -0.4 is 5.32 Å². The number of amides is 1. The smallest absolute Gasteiger partial charge is 0.220 e. The van der Waals surface area contributed by atoms with Crippen LogP contribution in [0, 0.1) is 17.8 Å². The van der Waals surface area contributed by atoms with Crippen molar-refractivity contribution in [2.45, 2.75) is 44.6 Å². The first kappa shape index (κ1) is 13.7. The highest BCUT2D eigenvalue weighted by atomic mass is 16.4. The molecule has 0 aromatic carbocycles. The van der Waals surface area contributed by atoms with Gasteiger partial charge in [-0.15, -0.1) is 0 Å². The summed E-state index contributed by atoms with van der Waals surface area (Å²) in [5, 5.41) is 13.1. The van der Waals surface area contributed by atoms with Gasteiger partial charge in [0.15, 0.2) is 0 Å². The van der Waals surface area contributed by atoms with Gasteiger partial charge in [0.2, 0.25) is 5.91 Å². The van der Waals surface area contributed by atoms with E-state index in [2.05, 4.69) is 5.32 Å². The summed E-state index contributed by atoms with van der Waals surface area (Å²) >= 11 is 0. The predicted molar refractivity (Wildman–Crippen MR) is 74.8 cm³/mol. The van der Waals surface area contributed by atoms with Crippen molar-refractivity contribution < 1.29 is 14.3 Å². The molecule has 4 atom stereocenters. The van der Waals surface area contributed by atoms with Gasteiger partial charge in [-0.05, 0) is 56.1 Å². The fourth-order valence-electron chi connectivity index (χ4n) is 3.88. The number of carbonyl (C=O) groups excluding carboxylic acids is 1. The largest absolute Gasteiger partial charge is 0.466 e. The third kappa shape index (κ3) is 2.75. The quantitative estimate of drug-likeness (QED) is 0.869. The Balaban J connectivity index is 1.47. The van der Waals surface area contributed by atoms with E-state index in [1.165, 1.54) is 31.9 Å². The number of hydrogen-bond donors (Lipinski definition) is 2. The van der Waals surface area contributed by atoms with E-state index in [1.807, 2.05) is 0 Å². The highest BCUT2D eigenvalue weighted by Crippen LogP contribution is 2.49. The van der Waals surface area contributed by atoms with Crippen LogP contribution in [-0.4, -0.2) is 17.6 Å². The second-order valence-electron chi connectivity index (χ2n) is 6.67. The summed E-state index contributed by atoms with van der Waals surface area (Å²) in [6.45, 7) is 1.85. The normalized spacial score (nSPS) is 31.2. The van der Waals surface area contributed by atoms with E-state index in [0.717, 1.165) is 11.8 Å². The summed E-state index contributed by atoms with van der Waals surface area (Å²) in [6, 6.07) is 3.46. The average Bonchev–Trinajstić information content (AvgIpc) is 3.13. The molecule has 0 spiro atoms. The van der Waals surface area contributed by atoms with Crippen molar-refractivity contribution in [3.8, 4) is 0 Å². The number of carbonyl (C=O) groups is 1. The van der Waals surface area contributed by atoms with Crippen molar-refractivity contribution in [1.29, 1.82) is 0 Å². The lowest BCUT2D eigenvalue weighted by molar-refractivity contribution is -0.123. The number of fused-ring (bicyclic) bond motifs is 2. The highest BCUT2D eigenvalue weighted by molar-refractivity contribution is 5.76. The molecule has 1 heterocycles. The molecule has 20 heavy (non-hydrogen) atoms. The van der Waals surface area contributed by atoms with Gasteiger partial charge in [0.05, 0.1) is 12.8 Å². The summed E-state index contributed by atoms with van der Waals surface area (Å²) in [5.41, 5.74) is -1.14. The van der Waals surface area contributed by atoms with Crippen LogP contribution in [-0.2, 0) is 10.4 Å². The Labute approximate surface area is 119 Å². The van der Waals surface area contributed by atoms with Gasteiger partial charge in [-0.3, -0.25) is 4.79 Å². The van der Waals surface area contributed by atoms with Crippen LogP contribution in [0.15, 0.2) is 22.8 Å². The third-order valence-corrected chi connectivity index (χ3v) is 5.01. The standard InChI is InChI=1S/C16H23NO3/c1-16(19,14-3-2-6-20-14)10-17-15(18)9-13-8-11-4-5-12(13)7-11/h2-3,6,11-13,19H,4-5,7-10H2,1H3,(H,17,18). The number of rotatable bonds is 5. The zero-order valence-corrected chi connectivity index (χ0v) is 12.0. The molecule has 4 unspecified atom stereocenters. The zero-order chi connectivity index (χ0) is 14.2. The van der Waals surface area contributed by atoms with Crippen molar-refractivity contribution in [3.05, 3.63) is 24.2 Å². The number of hydrogen-bond acceptors (Lipinski definition) is 3. The monoisotopic (exact) mass is 277 g/mol. The average molecular weight is 277 g/mol. The van der Waals surface area contributed by atoms with Gasteiger partial charge >= 0.3 is 0 Å². The summed E-state index contributed by atoms with van der Waals surface area (Å²) in [4.78, 5) is 12.0. The Morgan fingerprint density at radius 1 is 1.50 bits per heavy atom. The molecule has 2 bridgehead atoms. The molecule has 110 valence electrons. The van der Waals surface area contributed by atoms with Crippen molar-refractivity contribution in [2.24, 2.45) is 17.8 Å². The third-order valence-electron chi connectivity index (χ3n) is 5.01. The summed E-state index contributed by atoms with van der Waals surface area (Å²) in [5.74, 6) is 2.72. The summed E-state index contributed by atoms with van der Waals surface area (Å²) in [7, 11) is 0. The molecule has 4 heteroatoms. The Morgan fingerprint density at radius 3 is 2.95 bits per heavy atom. The Hall–Kier alpha value is -1.29. The molecule has 3 rings (SSSR count). The van der Waals surface area contributed by atoms with Crippen LogP contribution in [0.3, 0.4) is 0 Å². The van der Waals surface area contributed by atoms with Gasteiger partial charge in [-0.1, -0.05) is 6.42 Å². The lowest BCUT2D eigenvalue weighted by Gasteiger charge is -2.24. The van der Waals surface area contributed by atoms with Gasteiger partial charge < -0.3 is 14.8 Å². The minimum atomic E-state index is -1.14. The molecular weight excluding hydrogens is 254 g/mol. The minimum absolute atomic E-state index is 0.0504. The van der Waals surface area contributed by atoms with Gasteiger partial charge in [-0.2, -0.15) is 0 Å². The minimum Gasteiger partial charge on any atom is -0.466 e. The molecule has 0 aliphatic heterocycles. The maximum atomic E-state index is 12.0. The maximum Gasteiger partial charge on any atom is 0.220 e. The van der Waals surface area contributed by atoms with Gasteiger partial charge in [0.1, 0.15) is 11.4 Å². The number of furan rings is 1. The molecule has 0 radical (unpaired) electrons. The SMILES string of the molecule is CC(O)(CNC(=O)CC1CC2CCC1C2)c1ccco1. The van der Waals surface area contributed by atoms with Gasteiger partial charge in [0.25, 0.3) is 0 Å². The maximum absolute atomic E-state index is 12.0. The lowest BCUT2D eigenvalue weighted by Crippen LogP contribution is -2.39. The van der Waals surface area contributed by atoms with E-state index in [-0.39, 0.29) is 12.5 Å². The van der Waals surface area contributed by atoms with E-state index < -0.39 is 5.60 Å². The first-order valence-corrected chi connectivity index (χ1v) is 7.57. The molecule has 1 amide bonds. The van der Waals surface area contributed by atoms with Crippen molar-refractivity contribution >= 4 is 5.91 Å². The lowest BCUT2D eigenvalue weighted by atomic mass is 9.86. The van der Waals surface area contributed by atoms with Gasteiger partial charge in [0, 0.05) is 6.42 Å². The second kappa shape index (κ2) is 5.24. The number of nitrogens with one attached hydrogen (secondary N) is 1. The van der Waals surface area contributed by atoms with Gasteiger partial charge in [-0.25, -0.2) is 0 Å². The molecular formula is C16H23NO3. The molecule has 2 fully saturated rings. The molecule has 4 nitrogen and oxygen atoms in total. The van der Waals surface area contributed by atoms with Crippen LogP contribution in [0.4, 0.5) is 0 Å². The topological polar surface area (TPSA) is 62.5 Å². The first-order valence-electron chi connectivity index (χ1n) is 7.57. The zero-order valence-electron chi connectivity index (χ0n) is 12.0.